The van der Waals surface area contributed by atoms with Gasteiger partial charge in [-0.05, 0) is 31.2 Å². The van der Waals surface area contributed by atoms with Crippen LogP contribution >= 0.6 is 0 Å². The predicted molar refractivity (Wildman–Crippen MR) is 100 cm³/mol. The van der Waals surface area contributed by atoms with E-state index in [9.17, 15) is 13.2 Å². The van der Waals surface area contributed by atoms with Gasteiger partial charge in [0.25, 0.3) is 0 Å². The predicted octanol–water partition coefficient (Wildman–Crippen LogP) is 1.22. The van der Waals surface area contributed by atoms with Crippen molar-refractivity contribution in [3.05, 3.63) is 24.3 Å². The van der Waals surface area contributed by atoms with E-state index < -0.39 is 15.8 Å². The van der Waals surface area contributed by atoms with E-state index in [2.05, 4.69) is 0 Å². The lowest BCUT2D eigenvalue weighted by molar-refractivity contribution is -0.187. The molecule has 1 amide bonds. The first-order valence-electron chi connectivity index (χ1n) is 9.09. The Hall–Kier alpha value is -1.84. The number of anilines is 1. The van der Waals surface area contributed by atoms with E-state index >= 15 is 0 Å². The minimum atomic E-state index is -3.60. The second-order valence-electron chi connectivity index (χ2n) is 6.68. The molecule has 0 aliphatic carbocycles. The molecule has 150 valence electrons. The third kappa shape index (κ3) is 4.72. The molecule has 0 atom stereocenters. The molecule has 0 unspecified atom stereocenters. The Morgan fingerprint density at radius 1 is 1.19 bits per heavy atom. The van der Waals surface area contributed by atoms with Crippen LogP contribution in [0.2, 0.25) is 0 Å². The molecule has 3 rings (SSSR count). The zero-order valence-corrected chi connectivity index (χ0v) is 16.5. The Balaban J connectivity index is 1.67. The van der Waals surface area contributed by atoms with Gasteiger partial charge in [0.2, 0.25) is 15.9 Å². The van der Waals surface area contributed by atoms with E-state index in [1.54, 1.807) is 29.2 Å². The molecule has 0 bridgehead atoms. The first-order valence-corrected chi connectivity index (χ1v) is 10.9. The number of benzene rings is 1. The molecular formula is C18H26N2O6S. The van der Waals surface area contributed by atoms with E-state index in [4.69, 9.17) is 14.2 Å². The molecule has 0 N–H and O–H groups in total. The average molecular weight is 398 g/mol. The smallest absolute Gasteiger partial charge is 0.243 e. The highest BCUT2D eigenvalue weighted by Crippen LogP contribution is 2.31. The summed E-state index contributed by atoms with van der Waals surface area (Å²) in [7, 11) is -3.60. The molecule has 2 heterocycles. The monoisotopic (exact) mass is 398 g/mol. The lowest BCUT2D eigenvalue weighted by Gasteiger charge is -2.38. The minimum Gasteiger partial charge on any atom is -0.494 e. The summed E-state index contributed by atoms with van der Waals surface area (Å²) >= 11 is 0. The van der Waals surface area contributed by atoms with Crippen molar-refractivity contribution in [2.45, 2.75) is 25.6 Å². The molecule has 1 aromatic rings. The number of amides is 1. The van der Waals surface area contributed by atoms with Gasteiger partial charge >= 0.3 is 0 Å². The summed E-state index contributed by atoms with van der Waals surface area (Å²) < 4.78 is 42.3. The number of piperidine rings is 1. The standard InChI is InChI=1S/C18H26N2O6S/c1-3-24-16-6-4-15(5-7-16)20(27(2,22)23)14-17(21)19-10-8-18(9-11-19)25-12-13-26-18/h4-7H,3,8-14H2,1-2H3. The van der Waals surface area contributed by atoms with Crippen molar-refractivity contribution in [3.63, 3.8) is 0 Å². The van der Waals surface area contributed by atoms with Gasteiger partial charge < -0.3 is 19.1 Å². The van der Waals surface area contributed by atoms with Crippen LogP contribution in [-0.4, -0.2) is 70.7 Å². The van der Waals surface area contributed by atoms with Gasteiger partial charge in [-0.2, -0.15) is 0 Å². The summed E-state index contributed by atoms with van der Waals surface area (Å²) in [6.07, 6.45) is 2.30. The molecule has 0 aromatic heterocycles. The van der Waals surface area contributed by atoms with Crippen LogP contribution in [0.25, 0.3) is 0 Å². The zero-order valence-electron chi connectivity index (χ0n) is 15.7. The van der Waals surface area contributed by atoms with Crippen molar-refractivity contribution in [2.24, 2.45) is 0 Å². The van der Waals surface area contributed by atoms with Gasteiger partial charge in [0.1, 0.15) is 12.3 Å². The molecule has 0 radical (unpaired) electrons. The number of rotatable bonds is 6. The number of hydrogen-bond acceptors (Lipinski definition) is 6. The normalized spacial score (nSPS) is 19.3. The van der Waals surface area contributed by atoms with Gasteiger partial charge in [0, 0.05) is 25.9 Å². The molecule has 1 spiro atoms. The highest BCUT2D eigenvalue weighted by Gasteiger charge is 2.41. The first kappa shape index (κ1) is 19.9. The van der Waals surface area contributed by atoms with Crippen molar-refractivity contribution >= 4 is 21.6 Å². The molecule has 2 aliphatic rings. The number of hydrogen-bond donors (Lipinski definition) is 0. The van der Waals surface area contributed by atoms with Crippen LogP contribution in [0.4, 0.5) is 5.69 Å². The van der Waals surface area contributed by atoms with E-state index in [0.29, 0.717) is 57.2 Å². The number of carbonyl (C=O) groups excluding carboxylic acids is 1. The van der Waals surface area contributed by atoms with Crippen LogP contribution in [-0.2, 0) is 24.3 Å². The maximum Gasteiger partial charge on any atom is 0.243 e. The molecular weight excluding hydrogens is 372 g/mol. The largest absolute Gasteiger partial charge is 0.494 e. The van der Waals surface area contributed by atoms with Crippen molar-refractivity contribution in [2.75, 3.05) is 50.0 Å². The minimum absolute atomic E-state index is 0.234. The van der Waals surface area contributed by atoms with E-state index in [1.165, 1.54) is 0 Å². The second kappa shape index (κ2) is 8.04. The van der Waals surface area contributed by atoms with Gasteiger partial charge in [0.15, 0.2) is 5.79 Å². The van der Waals surface area contributed by atoms with Crippen LogP contribution < -0.4 is 9.04 Å². The van der Waals surface area contributed by atoms with E-state index in [0.717, 1.165) is 10.6 Å². The van der Waals surface area contributed by atoms with Gasteiger partial charge in [-0.1, -0.05) is 0 Å². The Morgan fingerprint density at radius 2 is 1.78 bits per heavy atom. The molecule has 1 aromatic carbocycles. The maximum absolute atomic E-state index is 12.7. The molecule has 2 saturated heterocycles. The van der Waals surface area contributed by atoms with Crippen LogP contribution in [0, 0.1) is 0 Å². The fraction of sp³-hybridized carbons (Fsp3) is 0.611. The van der Waals surface area contributed by atoms with E-state index in [1.807, 2.05) is 6.92 Å². The van der Waals surface area contributed by atoms with Gasteiger partial charge in [-0.25, -0.2) is 8.42 Å². The molecule has 27 heavy (non-hydrogen) atoms. The number of sulfonamides is 1. The number of ether oxygens (including phenoxy) is 3. The molecule has 0 saturated carbocycles. The molecule has 2 aliphatic heterocycles. The highest BCUT2D eigenvalue weighted by molar-refractivity contribution is 7.92. The molecule has 9 heteroatoms. The average Bonchev–Trinajstić information content (AvgIpc) is 3.08. The van der Waals surface area contributed by atoms with Gasteiger partial charge in [-0.3, -0.25) is 9.10 Å². The summed E-state index contributed by atoms with van der Waals surface area (Å²) in [5, 5.41) is 0. The summed E-state index contributed by atoms with van der Waals surface area (Å²) in [5.41, 5.74) is 0.435. The Kier molecular flexibility index (Phi) is 5.92. The lowest BCUT2D eigenvalue weighted by atomic mass is 10.0. The Morgan fingerprint density at radius 3 is 2.30 bits per heavy atom. The fourth-order valence-electron chi connectivity index (χ4n) is 3.38. The van der Waals surface area contributed by atoms with Gasteiger partial charge in [-0.15, -0.1) is 0 Å². The summed E-state index contributed by atoms with van der Waals surface area (Å²) in [6.45, 7) is 4.29. The zero-order chi connectivity index (χ0) is 19.5. The fourth-order valence-corrected chi connectivity index (χ4v) is 4.23. The van der Waals surface area contributed by atoms with Crippen molar-refractivity contribution in [1.29, 1.82) is 0 Å². The highest BCUT2D eigenvalue weighted by atomic mass is 32.2. The van der Waals surface area contributed by atoms with Crippen molar-refractivity contribution in [3.8, 4) is 5.75 Å². The maximum atomic E-state index is 12.7. The van der Waals surface area contributed by atoms with Crippen LogP contribution in [0.3, 0.4) is 0 Å². The second-order valence-corrected chi connectivity index (χ2v) is 8.59. The number of nitrogens with zero attached hydrogens (tertiary/aromatic N) is 2. The van der Waals surface area contributed by atoms with E-state index in [-0.39, 0.29) is 12.5 Å². The van der Waals surface area contributed by atoms with Crippen LogP contribution in [0.5, 0.6) is 5.75 Å². The molecule has 2 fully saturated rings. The quantitative estimate of drug-likeness (QED) is 0.716. The SMILES string of the molecule is CCOc1ccc(N(CC(=O)N2CCC3(CC2)OCCO3)S(C)(=O)=O)cc1. The Labute approximate surface area is 160 Å². The number of likely N-dealkylation sites (tertiary alicyclic amines) is 1. The van der Waals surface area contributed by atoms with Gasteiger partial charge in [0.05, 0.1) is 31.8 Å². The Bertz CT molecular complexity index is 749. The molecule has 8 nitrogen and oxygen atoms in total. The summed E-state index contributed by atoms with van der Waals surface area (Å²) in [5.74, 6) is -0.149. The summed E-state index contributed by atoms with van der Waals surface area (Å²) in [4.78, 5) is 14.4. The summed E-state index contributed by atoms with van der Waals surface area (Å²) in [6, 6.07) is 6.68. The number of carbonyl (C=O) groups is 1. The van der Waals surface area contributed by atoms with Crippen LogP contribution in [0.1, 0.15) is 19.8 Å². The topological polar surface area (TPSA) is 85.4 Å². The van der Waals surface area contributed by atoms with Crippen molar-refractivity contribution < 1.29 is 27.4 Å². The lowest BCUT2D eigenvalue weighted by Crippen LogP contribution is -2.50. The van der Waals surface area contributed by atoms with Crippen molar-refractivity contribution in [1.82, 2.24) is 4.90 Å². The van der Waals surface area contributed by atoms with Crippen LogP contribution in [0.15, 0.2) is 24.3 Å². The third-order valence-electron chi connectivity index (χ3n) is 4.81. The first-order chi connectivity index (χ1) is 12.8. The third-order valence-corrected chi connectivity index (χ3v) is 5.95.